The van der Waals surface area contributed by atoms with Crippen LogP contribution in [0.3, 0.4) is 0 Å². The lowest BCUT2D eigenvalue weighted by Crippen LogP contribution is -2.44. The summed E-state index contributed by atoms with van der Waals surface area (Å²) in [4.78, 5) is 30.1. The standard InChI is InChI=1S/C25H25N7O/c1-31-8-10-32(11-9-31)16-6-7-22(27-12-16)30-21-15-28-24(19-14-29-25(33)23(19)21)18-13-26-20-5-3-2-4-17(18)20/h2-7,12-13,15,26H,8-11,14H2,1H3,(H,27,30)(H,29,33). The highest BCUT2D eigenvalue weighted by atomic mass is 16.1. The number of anilines is 3. The predicted molar refractivity (Wildman–Crippen MR) is 130 cm³/mol. The van der Waals surface area contributed by atoms with E-state index in [0.717, 1.165) is 59.6 Å². The van der Waals surface area contributed by atoms with Crippen LogP contribution in [0, 0.1) is 0 Å². The molecule has 1 amide bonds. The smallest absolute Gasteiger partial charge is 0.254 e. The van der Waals surface area contributed by atoms with Crippen molar-refractivity contribution in [1.29, 1.82) is 0 Å². The Morgan fingerprint density at radius 3 is 2.67 bits per heavy atom. The second-order valence-corrected chi connectivity index (χ2v) is 8.62. The summed E-state index contributed by atoms with van der Waals surface area (Å²) in [5, 5.41) is 7.36. The third kappa shape index (κ3) is 3.48. The molecule has 0 radical (unpaired) electrons. The molecule has 0 spiro atoms. The SMILES string of the molecule is CN1CCN(c2ccc(Nc3cnc(-c4c[nH]c5ccccc45)c4c3C(=O)NC4)nc2)CC1. The number of H-pyrrole nitrogens is 1. The zero-order valence-corrected chi connectivity index (χ0v) is 18.4. The lowest BCUT2D eigenvalue weighted by molar-refractivity contribution is 0.0966. The Morgan fingerprint density at radius 2 is 1.85 bits per heavy atom. The Hall–Kier alpha value is -3.91. The van der Waals surface area contributed by atoms with Crippen LogP contribution in [0.2, 0.25) is 0 Å². The summed E-state index contributed by atoms with van der Waals surface area (Å²) in [7, 11) is 2.15. The third-order valence-corrected chi connectivity index (χ3v) is 6.56. The minimum Gasteiger partial charge on any atom is -0.368 e. The molecule has 6 rings (SSSR count). The molecule has 3 aromatic heterocycles. The van der Waals surface area contributed by atoms with Crippen molar-refractivity contribution in [2.45, 2.75) is 6.54 Å². The van der Waals surface area contributed by atoms with Gasteiger partial charge in [0.2, 0.25) is 0 Å². The number of amides is 1. The predicted octanol–water partition coefficient (Wildman–Crippen LogP) is 3.36. The number of piperazine rings is 1. The van der Waals surface area contributed by atoms with Crippen molar-refractivity contribution in [1.82, 2.24) is 25.2 Å². The topological polar surface area (TPSA) is 89.2 Å². The van der Waals surface area contributed by atoms with E-state index in [1.54, 1.807) is 6.20 Å². The van der Waals surface area contributed by atoms with Crippen LogP contribution in [0.25, 0.3) is 22.2 Å². The number of aromatic nitrogens is 3. The van der Waals surface area contributed by atoms with Gasteiger partial charge in [-0.25, -0.2) is 4.98 Å². The van der Waals surface area contributed by atoms with E-state index >= 15 is 0 Å². The molecule has 0 aliphatic carbocycles. The monoisotopic (exact) mass is 439 g/mol. The van der Waals surface area contributed by atoms with Crippen LogP contribution in [0.4, 0.5) is 17.2 Å². The van der Waals surface area contributed by atoms with Crippen LogP contribution in [-0.2, 0) is 6.54 Å². The molecule has 0 unspecified atom stereocenters. The largest absolute Gasteiger partial charge is 0.368 e. The quantitative estimate of drug-likeness (QED) is 0.452. The number of benzene rings is 1. The van der Waals surface area contributed by atoms with Crippen molar-refractivity contribution in [2.24, 2.45) is 0 Å². The van der Waals surface area contributed by atoms with Crippen molar-refractivity contribution < 1.29 is 4.79 Å². The van der Waals surface area contributed by atoms with E-state index in [4.69, 9.17) is 4.98 Å². The van der Waals surface area contributed by atoms with Gasteiger partial charge < -0.3 is 25.4 Å². The molecule has 0 atom stereocenters. The average Bonchev–Trinajstić information content (AvgIpc) is 3.45. The third-order valence-electron chi connectivity index (χ3n) is 6.56. The Labute approximate surface area is 191 Å². The number of para-hydroxylation sites is 1. The molecule has 1 aromatic carbocycles. The molecule has 2 aliphatic rings. The number of likely N-dealkylation sites (N-methyl/N-ethyl adjacent to an activating group) is 1. The van der Waals surface area contributed by atoms with Gasteiger partial charge in [0.25, 0.3) is 5.91 Å². The van der Waals surface area contributed by atoms with E-state index in [2.05, 4.69) is 49.6 Å². The van der Waals surface area contributed by atoms with Crippen molar-refractivity contribution in [3.8, 4) is 11.3 Å². The maximum Gasteiger partial charge on any atom is 0.254 e. The molecule has 1 fully saturated rings. The second-order valence-electron chi connectivity index (χ2n) is 8.62. The Bertz CT molecular complexity index is 1340. The highest BCUT2D eigenvalue weighted by molar-refractivity contribution is 6.07. The second kappa shape index (κ2) is 7.90. The Kier molecular flexibility index (Phi) is 4.73. The molecule has 166 valence electrons. The van der Waals surface area contributed by atoms with Crippen LogP contribution in [0.5, 0.6) is 0 Å². The van der Waals surface area contributed by atoms with E-state index in [1.165, 1.54) is 0 Å². The molecule has 2 aliphatic heterocycles. The summed E-state index contributed by atoms with van der Waals surface area (Å²) in [5.41, 5.74) is 6.20. The van der Waals surface area contributed by atoms with Crippen molar-refractivity contribution in [2.75, 3.05) is 43.4 Å². The van der Waals surface area contributed by atoms with Gasteiger partial charge in [0.05, 0.1) is 35.0 Å². The first-order valence-electron chi connectivity index (χ1n) is 11.2. The van der Waals surface area contributed by atoms with Gasteiger partial charge in [-0.2, -0.15) is 0 Å². The first-order valence-corrected chi connectivity index (χ1v) is 11.2. The summed E-state index contributed by atoms with van der Waals surface area (Å²) in [6.45, 7) is 4.56. The fourth-order valence-electron chi connectivity index (χ4n) is 4.69. The molecular formula is C25H25N7O. The first-order chi connectivity index (χ1) is 16.2. The zero-order valence-electron chi connectivity index (χ0n) is 18.4. The molecule has 1 saturated heterocycles. The molecule has 0 bridgehead atoms. The minimum absolute atomic E-state index is 0.0925. The van der Waals surface area contributed by atoms with Gasteiger partial charge in [-0.1, -0.05) is 18.2 Å². The van der Waals surface area contributed by atoms with Crippen LogP contribution in [0.15, 0.2) is 55.0 Å². The number of nitrogens with one attached hydrogen (secondary N) is 3. The molecule has 8 heteroatoms. The van der Waals surface area contributed by atoms with Crippen molar-refractivity contribution in [3.63, 3.8) is 0 Å². The number of pyridine rings is 2. The van der Waals surface area contributed by atoms with Crippen LogP contribution in [0.1, 0.15) is 15.9 Å². The minimum atomic E-state index is -0.0925. The number of carbonyl (C=O) groups excluding carboxylic acids is 1. The molecule has 33 heavy (non-hydrogen) atoms. The Balaban J connectivity index is 1.31. The number of carbonyl (C=O) groups is 1. The summed E-state index contributed by atoms with van der Waals surface area (Å²) in [6, 6.07) is 12.2. The zero-order chi connectivity index (χ0) is 22.4. The fourth-order valence-corrected chi connectivity index (χ4v) is 4.69. The molecule has 5 heterocycles. The lowest BCUT2D eigenvalue weighted by atomic mass is 10.0. The lowest BCUT2D eigenvalue weighted by Gasteiger charge is -2.33. The first kappa shape index (κ1) is 19.8. The Morgan fingerprint density at radius 1 is 1.00 bits per heavy atom. The van der Waals surface area contributed by atoms with Gasteiger partial charge in [0, 0.05) is 61.0 Å². The summed E-state index contributed by atoms with van der Waals surface area (Å²) in [6.07, 6.45) is 5.58. The van der Waals surface area contributed by atoms with Gasteiger partial charge >= 0.3 is 0 Å². The number of fused-ring (bicyclic) bond motifs is 2. The highest BCUT2D eigenvalue weighted by Crippen LogP contribution is 2.36. The summed E-state index contributed by atoms with van der Waals surface area (Å²) in [5.74, 6) is 0.599. The van der Waals surface area contributed by atoms with E-state index in [0.29, 0.717) is 23.6 Å². The van der Waals surface area contributed by atoms with Gasteiger partial charge in [0.15, 0.2) is 0 Å². The van der Waals surface area contributed by atoms with Gasteiger partial charge in [-0.05, 0) is 25.2 Å². The van der Waals surface area contributed by atoms with Gasteiger partial charge in [-0.15, -0.1) is 0 Å². The number of aromatic amines is 1. The number of nitrogens with zero attached hydrogens (tertiary/aromatic N) is 4. The molecule has 3 N–H and O–H groups in total. The van der Waals surface area contributed by atoms with Gasteiger partial charge in [-0.3, -0.25) is 9.78 Å². The van der Waals surface area contributed by atoms with Crippen LogP contribution < -0.4 is 15.5 Å². The van der Waals surface area contributed by atoms with E-state index in [9.17, 15) is 4.79 Å². The van der Waals surface area contributed by atoms with Crippen LogP contribution >= 0.6 is 0 Å². The molecular weight excluding hydrogens is 414 g/mol. The maximum absolute atomic E-state index is 12.7. The van der Waals surface area contributed by atoms with E-state index in [1.807, 2.05) is 36.7 Å². The van der Waals surface area contributed by atoms with Crippen LogP contribution in [-0.4, -0.2) is 59.0 Å². The molecule has 0 saturated carbocycles. The fraction of sp³-hybridized carbons (Fsp3) is 0.240. The number of hydrogen-bond acceptors (Lipinski definition) is 6. The number of rotatable bonds is 4. The van der Waals surface area contributed by atoms with Crippen molar-refractivity contribution in [3.05, 3.63) is 66.1 Å². The average molecular weight is 440 g/mol. The highest BCUT2D eigenvalue weighted by Gasteiger charge is 2.28. The number of hydrogen-bond donors (Lipinski definition) is 3. The molecule has 4 aromatic rings. The molecule has 8 nitrogen and oxygen atoms in total. The maximum atomic E-state index is 12.7. The van der Waals surface area contributed by atoms with Gasteiger partial charge in [0.1, 0.15) is 5.82 Å². The van der Waals surface area contributed by atoms with E-state index < -0.39 is 0 Å². The summed E-state index contributed by atoms with van der Waals surface area (Å²) < 4.78 is 0. The normalized spacial score (nSPS) is 16.2. The van der Waals surface area contributed by atoms with Crippen molar-refractivity contribution >= 4 is 34.0 Å². The summed E-state index contributed by atoms with van der Waals surface area (Å²) >= 11 is 0. The van der Waals surface area contributed by atoms with E-state index in [-0.39, 0.29) is 5.91 Å².